The SMILES string of the molecule is O=C1CC[N]CC1F. The fraction of sp³-hybridized carbons (Fsp3) is 0.800. The molecular weight excluding hydrogens is 109 g/mol. The van der Waals surface area contributed by atoms with E-state index in [-0.39, 0.29) is 12.3 Å². The van der Waals surface area contributed by atoms with Crippen molar-refractivity contribution in [1.82, 2.24) is 5.32 Å². The highest BCUT2D eigenvalue weighted by molar-refractivity contribution is 5.84. The lowest BCUT2D eigenvalue weighted by molar-refractivity contribution is -0.124. The largest absolute Gasteiger partial charge is 0.296 e. The maximum Gasteiger partial charge on any atom is 0.172 e. The normalized spacial score (nSPS) is 30.6. The number of alkyl halides is 1. The van der Waals surface area contributed by atoms with E-state index in [1.807, 2.05) is 0 Å². The number of rotatable bonds is 0. The molecule has 0 aromatic heterocycles. The minimum Gasteiger partial charge on any atom is -0.296 e. The van der Waals surface area contributed by atoms with E-state index in [0.717, 1.165) is 0 Å². The molecule has 0 aliphatic carbocycles. The van der Waals surface area contributed by atoms with Crippen LogP contribution in [0.5, 0.6) is 0 Å². The monoisotopic (exact) mass is 116 g/mol. The fourth-order valence-corrected chi connectivity index (χ4v) is 0.652. The van der Waals surface area contributed by atoms with Crippen molar-refractivity contribution in [2.45, 2.75) is 12.6 Å². The minimum absolute atomic E-state index is 0.0822. The maximum atomic E-state index is 12.1. The zero-order chi connectivity index (χ0) is 5.98. The van der Waals surface area contributed by atoms with Crippen LogP contribution in [0.4, 0.5) is 4.39 Å². The molecule has 1 aliphatic rings. The summed E-state index contributed by atoms with van der Waals surface area (Å²) in [4.78, 5) is 10.4. The van der Waals surface area contributed by atoms with Crippen LogP contribution in [0.15, 0.2) is 0 Å². The lowest BCUT2D eigenvalue weighted by Crippen LogP contribution is -2.33. The van der Waals surface area contributed by atoms with Crippen molar-refractivity contribution in [3.8, 4) is 0 Å². The third kappa shape index (κ3) is 1.04. The summed E-state index contributed by atoms with van der Waals surface area (Å²) in [6.07, 6.45) is -1.01. The van der Waals surface area contributed by atoms with Crippen molar-refractivity contribution in [2.75, 3.05) is 13.1 Å². The van der Waals surface area contributed by atoms with Crippen molar-refractivity contribution in [3.63, 3.8) is 0 Å². The molecule has 0 saturated carbocycles. The number of ketones is 1. The molecule has 0 N–H and O–H groups in total. The van der Waals surface area contributed by atoms with E-state index in [9.17, 15) is 9.18 Å². The van der Waals surface area contributed by atoms with Gasteiger partial charge in [-0.25, -0.2) is 9.71 Å². The van der Waals surface area contributed by atoms with Crippen molar-refractivity contribution in [1.29, 1.82) is 0 Å². The highest BCUT2D eigenvalue weighted by Gasteiger charge is 2.20. The molecule has 0 bridgehead atoms. The fourth-order valence-electron chi connectivity index (χ4n) is 0.652. The molecular formula is C5H7FNO. The summed E-state index contributed by atoms with van der Waals surface area (Å²) in [7, 11) is 0. The van der Waals surface area contributed by atoms with E-state index in [1.165, 1.54) is 0 Å². The first-order chi connectivity index (χ1) is 3.80. The molecule has 2 nitrogen and oxygen atoms in total. The van der Waals surface area contributed by atoms with Crippen LogP contribution in [0, 0.1) is 0 Å². The van der Waals surface area contributed by atoms with Crippen LogP contribution < -0.4 is 5.32 Å². The van der Waals surface area contributed by atoms with Crippen LogP contribution in [-0.4, -0.2) is 25.0 Å². The zero-order valence-electron chi connectivity index (χ0n) is 4.43. The van der Waals surface area contributed by atoms with Gasteiger partial charge in [0.05, 0.1) is 6.54 Å². The van der Waals surface area contributed by atoms with Crippen LogP contribution >= 0.6 is 0 Å². The molecule has 8 heavy (non-hydrogen) atoms. The molecule has 45 valence electrons. The van der Waals surface area contributed by atoms with Gasteiger partial charge in [0.15, 0.2) is 12.0 Å². The molecule has 1 fully saturated rings. The summed E-state index contributed by atoms with van der Waals surface area (Å²) >= 11 is 0. The number of hydrogen-bond donors (Lipinski definition) is 0. The molecule has 1 saturated heterocycles. The standard InChI is InChI=1S/C5H7FNO/c6-4-3-7-2-1-5(4)8/h4H,1-3H2. The number of piperidine rings is 1. The molecule has 0 aromatic rings. The van der Waals surface area contributed by atoms with Gasteiger partial charge in [0.25, 0.3) is 0 Å². The van der Waals surface area contributed by atoms with Crippen LogP contribution in [0.2, 0.25) is 0 Å². The summed E-state index contributed by atoms with van der Waals surface area (Å²) in [5.41, 5.74) is 0. The number of carbonyl (C=O) groups is 1. The second-order valence-corrected chi connectivity index (χ2v) is 1.81. The van der Waals surface area contributed by atoms with Crippen molar-refractivity contribution in [3.05, 3.63) is 0 Å². The second kappa shape index (κ2) is 2.22. The van der Waals surface area contributed by atoms with Gasteiger partial charge in [-0.2, -0.15) is 0 Å². The van der Waals surface area contributed by atoms with Gasteiger partial charge in [-0.1, -0.05) is 0 Å². The summed E-state index contributed by atoms with van der Waals surface area (Å²) in [5, 5.41) is 3.71. The zero-order valence-corrected chi connectivity index (χ0v) is 4.43. The highest BCUT2D eigenvalue weighted by Crippen LogP contribution is 2.00. The van der Waals surface area contributed by atoms with Crippen LogP contribution in [-0.2, 0) is 4.79 Å². The Morgan fingerprint density at radius 2 is 2.50 bits per heavy atom. The van der Waals surface area contributed by atoms with Crippen LogP contribution in [0.25, 0.3) is 0 Å². The van der Waals surface area contributed by atoms with Crippen LogP contribution in [0.3, 0.4) is 0 Å². The Morgan fingerprint density at radius 3 is 2.88 bits per heavy atom. The second-order valence-electron chi connectivity index (χ2n) is 1.81. The Kier molecular flexibility index (Phi) is 1.58. The molecule has 1 atom stereocenters. The Morgan fingerprint density at radius 1 is 1.75 bits per heavy atom. The summed E-state index contributed by atoms with van der Waals surface area (Å²) < 4.78 is 12.1. The summed E-state index contributed by atoms with van der Waals surface area (Å²) in [5.74, 6) is -0.292. The van der Waals surface area contributed by atoms with Gasteiger partial charge < -0.3 is 0 Å². The van der Waals surface area contributed by atoms with E-state index in [0.29, 0.717) is 13.0 Å². The minimum atomic E-state index is -1.30. The molecule has 1 heterocycles. The first kappa shape index (κ1) is 5.69. The number of carbonyl (C=O) groups excluding carboxylic acids is 1. The predicted molar refractivity (Wildman–Crippen MR) is 26.4 cm³/mol. The molecule has 0 amide bonds. The quantitative estimate of drug-likeness (QED) is 0.435. The molecule has 1 aliphatic heterocycles. The summed E-state index contributed by atoms with van der Waals surface area (Å²) in [6.45, 7) is 0.595. The summed E-state index contributed by atoms with van der Waals surface area (Å²) in [6, 6.07) is 0. The third-order valence-corrected chi connectivity index (χ3v) is 1.16. The van der Waals surface area contributed by atoms with Crippen molar-refractivity contribution >= 4 is 5.78 Å². The molecule has 0 spiro atoms. The lowest BCUT2D eigenvalue weighted by Gasteiger charge is -2.11. The van der Waals surface area contributed by atoms with Gasteiger partial charge in [-0.05, 0) is 0 Å². The number of halogens is 1. The van der Waals surface area contributed by atoms with Gasteiger partial charge >= 0.3 is 0 Å². The topological polar surface area (TPSA) is 31.2 Å². The van der Waals surface area contributed by atoms with E-state index in [4.69, 9.17) is 0 Å². The highest BCUT2D eigenvalue weighted by atomic mass is 19.1. The first-order valence-corrected chi connectivity index (χ1v) is 2.61. The van der Waals surface area contributed by atoms with E-state index in [1.54, 1.807) is 0 Å². The van der Waals surface area contributed by atoms with Gasteiger partial charge in [0, 0.05) is 13.0 Å². The number of nitrogens with zero attached hydrogens (tertiary/aromatic N) is 1. The average molecular weight is 116 g/mol. The van der Waals surface area contributed by atoms with E-state index in [2.05, 4.69) is 5.32 Å². The van der Waals surface area contributed by atoms with Crippen LogP contribution in [0.1, 0.15) is 6.42 Å². The molecule has 1 rings (SSSR count). The smallest absolute Gasteiger partial charge is 0.172 e. The molecule has 1 radical (unpaired) electrons. The van der Waals surface area contributed by atoms with Gasteiger partial charge in [0.1, 0.15) is 0 Å². The molecule has 3 heteroatoms. The average Bonchev–Trinajstić information content (AvgIpc) is 1.77. The third-order valence-electron chi connectivity index (χ3n) is 1.16. The van der Waals surface area contributed by atoms with Crippen molar-refractivity contribution < 1.29 is 9.18 Å². The Balaban J connectivity index is 2.39. The lowest BCUT2D eigenvalue weighted by atomic mass is 10.1. The van der Waals surface area contributed by atoms with E-state index < -0.39 is 6.17 Å². The van der Waals surface area contributed by atoms with Gasteiger partial charge in [-0.15, -0.1) is 0 Å². The van der Waals surface area contributed by atoms with Crippen molar-refractivity contribution in [2.24, 2.45) is 0 Å². The predicted octanol–water partition coefficient (Wildman–Crippen LogP) is -0.0983. The maximum absolute atomic E-state index is 12.1. The molecule has 0 aromatic carbocycles. The Labute approximate surface area is 47.1 Å². The van der Waals surface area contributed by atoms with Gasteiger partial charge in [0.2, 0.25) is 0 Å². The van der Waals surface area contributed by atoms with Gasteiger partial charge in [-0.3, -0.25) is 4.79 Å². The number of Topliss-reactive ketones (excluding diaryl/α,β-unsaturated/α-hetero) is 1. The van der Waals surface area contributed by atoms with E-state index >= 15 is 0 Å². The first-order valence-electron chi connectivity index (χ1n) is 2.61. The molecule has 1 unspecified atom stereocenters. The Hall–Kier alpha value is -0.440. The number of hydrogen-bond acceptors (Lipinski definition) is 1. The Bertz CT molecular complexity index is 105.